The van der Waals surface area contributed by atoms with Crippen LogP contribution in [-0.2, 0) is 9.53 Å². The van der Waals surface area contributed by atoms with Gasteiger partial charge < -0.3 is 20.5 Å². The lowest BCUT2D eigenvalue weighted by Gasteiger charge is -2.27. The van der Waals surface area contributed by atoms with Crippen molar-refractivity contribution >= 4 is 12.1 Å². The number of alkyl carbamates (subject to hydrolysis) is 1. The molecule has 90 valence electrons. The first-order chi connectivity index (χ1) is 7.63. The number of aliphatic carboxylic acids is 1. The topological polar surface area (TPSA) is 87.7 Å². The molecular weight excluding hydrogens is 212 g/mol. The number of piperidine rings is 1. The largest absolute Gasteiger partial charge is 0.480 e. The average molecular weight is 228 g/mol. The molecule has 0 saturated carbocycles. The maximum atomic E-state index is 11.2. The van der Waals surface area contributed by atoms with Crippen LogP contribution in [0.4, 0.5) is 4.79 Å². The van der Waals surface area contributed by atoms with Crippen molar-refractivity contribution in [1.82, 2.24) is 10.6 Å². The van der Waals surface area contributed by atoms with Gasteiger partial charge in [-0.2, -0.15) is 0 Å². The zero-order valence-corrected chi connectivity index (χ0v) is 8.94. The molecule has 0 aliphatic carbocycles. The first-order valence-electron chi connectivity index (χ1n) is 5.14. The summed E-state index contributed by atoms with van der Waals surface area (Å²) in [6, 6.07) is -0.588. The second kappa shape index (κ2) is 6.12. The minimum Gasteiger partial charge on any atom is -0.480 e. The van der Waals surface area contributed by atoms with E-state index in [1.807, 2.05) is 0 Å². The Morgan fingerprint density at radius 1 is 1.56 bits per heavy atom. The summed E-state index contributed by atoms with van der Waals surface area (Å²) in [6.45, 7) is 4.04. The van der Waals surface area contributed by atoms with Gasteiger partial charge in [-0.15, -0.1) is 0 Å². The van der Waals surface area contributed by atoms with E-state index < -0.39 is 18.1 Å². The second-order valence-electron chi connectivity index (χ2n) is 3.60. The fourth-order valence-corrected chi connectivity index (χ4v) is 1.53. The number of rotatable bonds is 4. The summed E-state index contributed by atoms with van der Waals surface area (Å²) in [6.07, 6.45) is 2.12. The van der Waals surface area contributed by atoms with Crippen LogP contribution in [0.1, 0.15) is 12.8 Å². The minimum absolute atomic E-state index is 0.0760. The zero-order chi connectivity index (χ0) is 12.0. The van der Waals surface area contributed by atoms with Crippen LogP contribution in [0.25, 0.3) is 0 Å². The SMILES string of the molecule is C=CCOC(=O)N[C@@H]1CC[C@@H](C(=O)O)NC1. The van der Waals surface area contributed by atoms with E-state index in [4.69, 9.17) is 9.84 Å². The van der Waals surface area contributed by atoms with E-state index >= 15 is 0 Å². The maximum Gasteiger partial charge on any atom is 0.407 e. The number of carboxylic acid groups (broad SMARTS) is 1. The third kappa shape index (κ3) is 3.90. The van der Waals surface area contributed by atoms with Crippen LogP contribution in [0.2, 0.25) is 0 Å². The molecule has 0 aromatic carbocycles. The molecule has 1 saturated heterocycles. The number of carbonyl (C=O) groups is 2. The van der Waals surface area contributed by atoms with Crippen LogP contribution in [0, 0.1) is 0 Å². The molecule has 1 aliphatic heterocycles. The van der Waals surface area contributed by atoms with Crippen LogP contribution in [0.5, 0.6) is 0 Å². The normalized spacial score (nSPS) is 24.5. The van der Waals surface area contributed by atoms with E-state index in [1.165, 1.54) is 6.08 Å². The molecule has 16 heavy (non-hydrogen) atoms. The highest BCUT2D eigenvalue weighted by atomic mass is 16.5. The third-order valence-electron chi connectivity index (χ3n) is 2.37. The summed E-state index contributed by atoms with van der Waals surface area (Å²) in [7, 11) is 0. The van der Waals surface area contributed by atoms with Crippen molar-refractivity contribution < 1.29 is 19.4 Å². The van der Waals surface area contributed by atoms with Gasteiger partial charge in [0, 0.05) is 12.6 Å². The number of nitrogens with one attached hydrogen (secondary N) is 2. The van der Waals surface area contributed by atoms with Crippen molar-refractivity contribution in [2.75, 3.05) is 13.2 Å². The van der Waals surface area contributed by atoms with Gasteiger partial charge >= 0.3 is 12.1 Å². The molecule has 1 aliphatic rings. The van der Waals surface area contributed by atoms with E-state index in [-0.39, 0.29) is 12.6 Å². The Morgan fingerprint density at radius 3 is 2.81 bits per heavy atom. The zero-order valence-electron chi connectivity index (χ0n) is 8.94. The fourth-order valence-electron chi connectivity index (χ4n) is 1.53. The van der Waals surface area contributed by atoms with Gasteiger partial charge in [0.25, 0.3) is 0 Å². The van der Waals surface area contributed by atoms with Gasteiger partial charge in [0.15, 0.2) is 0 Å². The van der Waals surface area contributed by atoms with Crippen LogP contribution in [0.3, 0.4) is 0 Å². The number of amides is 1. The highest BCUT2D eigenvalue weighted by molar-refractivity contribution is 5.73. The number of carboxylic acids is 1. The lowest BCUT2D eigenvalue weighted by molar-refractivity contribution is -0.140. The first-order valence-corrected chi connectivity index (χ1v) is 5.14. The molecule has 0 aromatic rings. The predicted molar refractivity (Wildman–Crippen MR) is 57.1 cm³/mol. The summed E-state index contributed by atoms with van der Waals surface area (Å²) in [4.78, 5) is 21.8. The van der Waals surface area contributed by atoms with Gasteiger partial charge in [-0.1, -0.05) is 12.7 Å². The molecule has 2 atom stereocenters. The summed E-state index contributed by atoms with van der Waals surface area (Å²) in [5.74, 6) is -0.854. The van der Waals surface area contributed by atoms with Gasteiger partial charge in [0.05, 0.1) is 0 Å². The monoisotopic (exact) mass is 228 g/mol. The number of carbonyl (C=O) groups excluding carboxylic acids is 1. The van der Waals surface area contributed by atoms with Crippen molar-refractivity contribution in [1.29, 1.82) is 0 Å². The Kier molecular flexibility index (Phi) is 4.78. The minimum atomic E-state index is -0.854. The smallest absolute Gasteiger partial charge is 0.407 e. The molecule has 6 nitrogen and oxygen atoms in total. The Bertz CT molecular complexity index is 272. The maximum absolute atomic E-state index is 11.2. The van der Waals surface area contributed by atoms with Crippen LogP contribution >= 0.6 is 0 Å². The Hall–Kier alpha value is -1.56. The van der Waals surface area contributed by atoms with Gasteiger partial charge in [0.2, 0.25) is 0 Å². The van der Waals surface area contributed by atoms with Crippen LogP contribution in [-0.4, -0.2) is 42.4 Å². The Balaban J connectivity index is 2.23. The number of hydrogen-bond acceptors (Lipinski definition) is 4. The summed E-state index contributed by atoms with van der Waals surface area (Å²) >= 11 is 0. The molecule has 0 aromatic heterocycles. The molecule has 3 N–H and O–H groups in total. The number of hydrogen-bond donors (Lipinski definition) is 3. The molecule has 0 radical (unpaired) electrons. The fraction of sp³-hybridized carbons (Fsp3) is 0.600. The van der Waals surface area contributed by atoms with Crippen molar-refractivity contribution in [3.8, 4) is 0 Å². The van der Waals surface area contributed by atoms with Gasteiger partial charge in [-0.3, -0.25) is 4.79 Å². The molecular formula is C10H16N2O4. The molecule has 1 fully saturated rings. The van der Waals surface area contributed by atoms with E-state index in [0.717, 1.165) is 0 Å². The van der Waals surface area contributed by atoms with E-state index in [0.29, 0.717) is 19.4 Å². The average Bonchev–Trinajstić information content (AvgIpc) is 2.27. The number of ether oxygens (including phenoxy) is 1. The highest BCUT2D eigenvalue weighted by Crippen LogP contribution is 2.08. The van der Waals surface area contributed by atoms with Gasteiger partial charge in [-0.05, 0) is 12.8 Å². The Morgan fingerprint density at radius 2 is 2.31 bits per heavy atom. The molecule has 1 rings (SSSR count). The Labute approximate surface area is 93.7 Å². The highest BCUT2D eigenvalue weighted by Gasteiger charge is 2.26. The molecule has 0 spiro atoms. The quantitative estimate of drug-likeness (QED) is 0.594. The van der Waals surface area contributed by atoms with Crippen molar-refractivity contribution in [3.05, 3.63) is 12.7 Å². The third-order valence-corrected chi connectivity index (χ3v) is 2.37. The van der Waals surface area contributed by atoms with E-state index in [1.54, 1.807) is 0 Å². The lowest BCUT2D eigenvalue weighted by Crippen LogP contribution is -2.52. The first kappa shape index (κ1) is 12.5. The van der Waals surface area contributed by atoms with Crippen molar-refractivity contribution in [2.45, 2.75) is 24.9 Å². The van der Waals surface area contributed by atoms with Crippen molar-refractivity contribution in [2.24, 2.45) is 0 Å². The second-order valence-corrected chi connectivity index (χ2v) is 3.60. The molecule has 6 heteroatoms. The van der Waals surface area contributed by atoms with Crippen molar-refractivity contribution in [3.63, 3.8) is 0 Å². The van der Waals surface area contributed by atoms with Crippen LogP contribution in [0.15, 0.2) is 12.7 Å². The molecule has 0 bridgehead atoms. The van der Waals surface area contributed by atoms with E-state index in [2.05, 4.69) is 17.2 Å². The summed E-state index contributed by atoms with van der Waals surface area (Å²) in [5.41, 5.74) is 0. The predicted octanol–water partition coefficient (Wildman–Crippen LogP) is 0.104. The standard InChI is InChI=1S/C10H16N2O4/c1-2-5-16-10(15)12-7-3-4-8(9(13)14)11-6-7/h2,7-8,11H,1,3-6H2,(H,12,15)(H,13,14)/t7-,8+/m1/s1. The molecule has 1 heterocycles. The summed E-state index contributed by atoms with van der Waals surface area (Å²) < 4.78 is 4.76. The van der Waals surface area contributed by atoms with E-state index in [9.17, 15) is 9.59 Å². The van der Waals surface area contributed by atoms with Crippen LogP contribution < -0.4 is 10.6 Å². The lowest BCUT2D eigenvalue weighted by atomic mass is 10.0. The molecule has 1 amide bonds. The molecule has 0 unspecified atom stereocenters. The van der Waals surface area contributed by atoms with Gasteiger partial charge in [-0.25, -0.2) is 4.79 Å². The summed E-state index contributed by atoms with van der Waals surface area (Å²) in [5, 5.41) is 14.2. The van der Waals surface area contributed by atoms with Gasteiger partial charge in [0.1, 0.15) is 12.6 Å².